The normalized spacial score (nSPS) is 20.1. The van der Waals surface area contributed by atoms with Gasteiger partial charge in [0.2, 0.25) is 0 Å². The van der Waals surface area contributed by atoms with E-state index in [0.717, 1.165) is 0 Å². The number of amides is 1. The van der Waals surface area contributed by atoms with Crippen LogP contribution < -0.4 is 10.3 Å². The van der Waals surface area contributed by atoms with Crippen LogP contribution in [0.15, 0.2) is 36.5 Å². The second-order valence-electron chi connectivity index (χ2n) is 6.95. The summed E-state index contributed by atoms with van der Waals surface area (Å²) in [6.45, 7) is -0.996. The smallest absolute Gasteiger partial charge is 0.306 e. The van der Waals surface area contributed by atoms with E-state index < -0.39 is 12.7 Å². The number of carbonyl (C=O) groups excluding carboxylic acids is 1. The number of nitrogens with zero attached hydrogens (tertiary/aromatic N) is 5. The van der Waals surface area contributed by atoms with Crippen molar-refractivity contribution < 1.29 is 18.0 Å². The predicted octanol–water partition coefficient (Wildman–Crippen LogP) is 3.13. The van der Waals surface area contributed by atoms with Crippen LogP contribution in [0.1, 0.15) is 36.2 Å². The number of thiophene rings is 1. The highest BCUT2D eigenvalue weighted by Gasteiger charge is 2.34. The van der Waals surface area contributed by atoms with Crippen LogP contribution in [0.4, 0.5) is 13.2 Å². The second kappa shape index (κ2) is 8.07. The van der Waals surface area contributed by atoms with Crippen LogP contribution in [0.3, 0.4) is 0 Å². The molecule has 0 atom stereocenters. The van der Waals surface area contributed by atoms with Crippen molar-refractivity contribution in [1.82, 2.24) is 24.9 Å². The Labute approximate surface area is 168 Å². The van der Waals surface area contributed by atoms with Crippen LogP contribution in [0.25, 0.3) is 10.2 Å². The van der Waals surface area contributed by atoms with Gasteiger partial charge in [-0.3, -0.25) is 4.79 Å². The first-order valence-corrected chi connectivity index (χ1v) is 10.1. The molecule has 1 amide bonds. The third kappa shape index (κ3) is 4.40. The minimum absolute atomic E-state index is 0.161. The SMILES string of the molecule is O=C(c1ncnc2ccsc12)N(C1CCC(NCC(F)(F)F)CC1)n1ccnc1. The fourth-order valence-electron chi connectivity index (χ4n) is 3.67. The minimum Gasteiger partial charge on any atom is -0.306 e. The number of nitrogens with one attached hydrogen (secondary N) is 1. The van der Waals surface area contributed by atoms with Gasteiger partial charge in [0.25, 0.3) is 5.91 Å². The molecule has 4 rings (SSSR count). The molecule has 7 nitrogen and oxygen atoms in total. The predicted molar refractivity (Wildman–Crippen MR) is 102 cm³/mol. The molecule has 0 saturated heterocycles. The highest BCUT2D eigenvalue weighted by molar-refractivity contribution is 7.17. The zero-order chi connectivity index (χ0) is 20.4. The first-order chi connectivity index (χ1) is 13.9. The Hall–Kier alpha value is -2.53. The van der Waals surface area contributed by atoms with Gasteiger partial charge in [0, 0.05) is 18.4 Å². The van der Waals surface area contributed by atoms with Crippen molar-refractivity contribution >= 4 is 27.5 Å². The van der Waals surface area contributed by atoms with Crippen LogP contribution in [-0.4, -0.2) is 50.3 Å². The fraction of sp³-hybridized carbons (Fsp3) is 0.444. The van der Waals surface area contributed by atoms with E-state index >= 15 is 0 Å². The van der Waals surface area contributed by atoms with Crippen LogP contribution in [0.5, 0.6) is 0 Å². The van der Waals surface area contributed by atoms with Crippen molar-refractivity contribution in [1.29, 1.82) is 0 Å². The summed E-state index contributed by atoms with van der Waals surface area (Å²) in [6, 6.07) is 1.46. The lowest BCUT2D eigenvalue weighted by Gasteiger charge is -2.37. The third-order valence-corrected chi connectivity index (χ3v) is 5.94. The molecule has 29 heavy (non-hydrogen) atoms. The summed E-state index contributed by atoms with van der Waals surface area (Å²) in [5.74, 6) is -0.274. The van der Waals surface area contributed by atoms with Gasteiger partial charge in [-0.2, -0.15) is 13.2 Å². The molecule has 0 aromatic carbocycles. The largest absolute Gasteiger partial charge is 0.401 e. The Morgan fingerprint density at radius 1 is 1.28 bits per heavy atom. The van der Waals surface area contributed by atoms with Gasteiger partial charge < -0.3 is 5.32 Å². The molecule has 1 aliphatic carbocycles. The number of halogens is 3. The maximum Gasteiger partial charge on any atom is 0.401 e. The zero-order valence-electron chi connectivity index (χ0n) is 15.3. The van der Waals surface area contributed by atoms with Crippen molar-refractivity contribution in [2.75, 3.05) is 11.6 Å². The molecule has 0 radical (unpaired) electrons. The fourth-order valence-corrected chi connectivity index (χ4v) is 4.50. The number of carbonyl (C=O) groups is 1. The Morgan fingerprint density at radius 2 is 2.07 bits per heavy atom. The van der Waals surface area contributed by atoms with Gasteiger partial charge in [0.05, 0.1) is 22.8 Å². The summed E-state index contributed by atoms with van der Waals surface area (Å²) in [4.78, 5) is 25.9. The maximum atomic E-state index is 13.4. The molecule has 1 saturated carbocycles. The summed E-state index contributed by atoms with van der Waals surface area (Å²) in [7, 11) is 0. The average Bonchev–Trinajstić information content (AvgIpc) is 3.38. The van der Waals surface area contributed by atoms with Crippen LogP contribution in [0, 0.1) is 0 Å². The van der Waals surface area contributed by atoms with E-state index in [0.29, 0.717) is 41.6 Å². The molecular weight excluding hydrogens is 405 g/mol. The summed E-state index contributed by atoms with van der Waals surface area (Å²) in [5, 5.41) is 6.03. The monoisotopic (exact) mass is 424 g/mol. The van der Waals surface area contributed by atoms with Crippen molar-refractivity contribution in [3.05, 3.63) is 42.2 Å². The highest BCUT2D eigenvalue weighted by atomic mass is 32.1. The quantitative estimate of drug-likeness (QED) is 0.681. The number of rotatable bonds is 5. The number of aromatic nitrogens is 4. The Kier molecular flexibility index (Phi) is 5.50. The molecule has 0 unspecified atom stereocenters. The Morgan fingerprint density at radius 3 is 2.76 bits per heavy atom. The van der Waals surface area contributed by atoms with Gasteiger partial charge in [-0.05, 0) is 37.1 Å². The number of hydrogen-bond donors (Lipinski definition) is 1. The molecule has 0 spiro atoms. The molecule has 1 fully saturated rings. The first kappa shape index (κ1) is 19.8. The number of hydrogen-bond acceptors (Lipinski definition) is 6. The van der Waals surface area contributed by atoms with E-state index in [4.69, 9.17) is 0 Å². The molecule has 3 heterocycles. The minimum atomic E-state index is -4.23. The Bertz CT molecular complexity index is 966. The van der Waals surface area contributed by atoms with Crippen molar-refractivity contribution in [3.63, 3.8) is 0 Å². The molecule has 3 aromatic heterocycles. The third-order valence-electron chi connectivity index (χ3n) is 5.03. The zero-order valence-corrected chi connectivity index (χ0v) is 16.2. The van der Waals surface area contributed by atoms with E-state index in [-0.39, 0.29) is 18.0 Å². The standard InChI is InChI=1S/C18H19F3N6OS/c19-18(20,21)9-23-12-1-3-13(4-2-12)27(26-7-6-22-11-26)17(28)15-16-14(5-8-29-16)24-10-25-15/h5-8,10-13,23H,1-4,9H2. The van der Waals surface area contributed by atoms with Crippen molar-refractivity contribution in [2.45, 2.75) is 43.9 Å². The number of imidazole rings is 1. The molecule has 0 aliphatic heterocycles. The topological polar surface area (TPSA) is 75.9 Å². The van der Waals surface area contributed by atoms with E-state index in [9.17, 15) is 18.0 Å². The molecule has 154 valence electrons. The highest BCUT2D eigenvalue weighted by Crippen LogP contribution is 2.27. The summed E-state index contributed by atoms with van der Waals surface area (Å²) in [5.41, 5.74) is 1.02. The van der Waals surface area contributed by atoms with Gasteiger partial charge in [0.15, 0.2) is 5.69 Å². The Balaban J connectivity index is 1.53. The lowest BCUT2D eigenvalue weighted by atomic mass is 9.90. The summed E-state index contributed by atoms with van der Waals surface area (Å²) >= 11 is 1.40. The van der Waals surface area contributed by atoms with Crippen molar-refractivity contribution in [2.24, 2.45) is 0 Å². The van der Waals surface area contributed by atoms with E-state index in [2.05, 4.69) is 20.3 Å². The van der Waals surface area contributed by atoms with E-state index in [1.807, 2.05) is 11.4 Å². The first-order valence-electron chi connectivity index (χ1n) is 9.22. The molecule has 0 bridgehead atoms. The summed E-state index contributed by atoms with van der Waals surface area (Å²) < 4.78 is 39.7. The molecule has 1 aliphatic rings. The van der Waals surface area contributed by atoms with Gasteiger partial charge in [-0.1, -0.05) is 0 Å². The van der Waals surface area contributed by atoms with Crippen molar-refractivity contribution in [3.8, 4) is 0 Å². The number of fused-ring (bicyclic) bond motifs is 1. The average molecular weight is 424 g/mol. The van der Waals surface area contributed by atoms with Crippen LogP contribution in [0.2, 0.25) is 0 Å². The van der Waals surface area contributed by atoms with Gasteiger partial charge >= 0.3 is 6.18 Å². The van der Waals surface area contributed by atoms with Crippen LogP contribution in [-0.2, 0) is 0 Å². The molecule has 3 aromatic rings. The van der Waals surface area contributed by atoms with Gasteiger partial charge in [0.1, 0.15) is 12.7 Å². The van der Waals surface area contributed by atoms with Gasteiger partial charge in [-0.25, -0.2) is 24.6 Å². The maximum absolute atomic E-state index is 13.4. The van der Waals surface area contributed by atoms with E-state index in [1.165, 1.54) is 17.7 Å². The molecular formula is C18H19F3N6OS. The lowest BCUT2D eigenvalue weighted by Crippen LogP contribution is -2.51. The lowest BCUT2D eigenvalue weighted by molar-refractivity contribution is -0.126. The molecule has 11 heteroatoms. The molecule has 1 N–H and O–H groups in total. The van der Waals surface area contributed by atoms with Crippen LogP contribution >= 0.6 is 11.3 Å². The van der Waals surface area contributed by atoms with E-state index in [1.54, 1.807) is 28.4 Å². The van der Waals surface area contributed by atoms with Gasteiger partial charge in [-0.15, -0.1) is 11.3 Å². The second-order valence-corrected chi connectivity index (χ2v) is 7.87. The summed E-state index contributed by atoms with van der Waals surface area (Å²) in [6.07, 6.45) is 4.21. The number of alkyl halides is 3.